The summed E-state index contributed by atoms with van der Waals surface area (Å²) in [5.74, 6) is -0.991. The van der Waals surface area contributed by atoms with Crippen molar-refractivity contribution in [2.75, 3.05) is 0 Å². The molecule has 0 N–H and O–H groups in total. The molecule has 1 aliphatic rings. The zero-order chi connectivity index (χ0) is 14.1. The van der Waals surface area contributed by atoms with E-state index in [-0.39, 0.29) is 16.6 Å². The van der Waals surface area contributed by atoms with E-state index in [0.29, 0.717) is 5.56 Å². The van der Waals surface area contributed by atoms with E-state index in [1.54, 1.807) is 24.3 Å². The van der Waals surface area contributed by atoms with Crippen molar-refractivity contribution in [3.63, 3.8) is 0 Å². The average Bonchev–Trinajstić information content (AvgIpc) is 3.24. The number of benzene rings is 2. The zero-order valence-electron chi connectivity index (χ0n) is 10.7. The molecule has 1 fully saturated rings. The summed E-state index contributed by atoms with van der Waals surface area (Å²) in [6.07, 6.45) is 0. The van der Waals surface area contributed by atoms with Crippen molar-refractivity contribution >= 4 is 5.78 Å². The highest BCUT2D eigenvalue weighted by Gasteiger charge is 2.64. The van der Waals surface area contributed by atoms with Crippen molar-refractivity contribution in [2.45, 2.75) is 12.0 Å². The normalized spacial score (nSPS) is 24.1. The van der Waals surface area contributed by atoms with Gasteiger partial charge in [-0.15, -0.1) is 0 Å². The van der Waals surface area contributed by atoms with Gasteiger partial charge in [0.05, 0.1) is 5.92 Å². The predicted octanol–water partition coefficient (Wildman–Crippen LogP) is 2.93. The summed E-state index contributed by atoms with van der Waals surface area (Å²) in [6, 6.07) is 17.2. The molecule has 0 unspecified atom stereocenters. The fourth-order valence-corrected chi connectivity index (χ4v) is 2.75. The van der Waals surface area contributed by atoms with E-state index in [0.717, 1.165) is 5.56 Å². The first kappa shape index (κ1) is 12.5. The van der Waals surface area contributed by atoms with Crippen LogP contribution in [-0.2, 0) is 0 Å². The number of ketones is 1. The summed E-state index contributed by atoms with van der Waals surface area (Å²) < 4.78 is 0. The summed E-state index contributed by atoms with van der Waals surface area (Å²) in [7, 11) is 0. The van der Waals surface area contributed by atoms with Crippen LogP contribution in [-0.4, -0.2) is 16.7 Å². The Labute approximate surface area is 116 Å². The third-order valence-electron chi connectivity index (χ3n) is 3.77. The molecule has 100 valence electrons. The average molecular weight is 267 g/mol. The van der Waals surface area contributed by atoms with Crippen LogP contribution < -0.4 is 0 Å². The molecule has 3 rings (SSSR count). The van der Waals surface area contributed by atoms with E-state index in [4.69, 9.17) is 0 Å². The Bertz CT molecular complexity index is 639. The van der Waals surface area contributed by atoms with Crippen molar-refractivity contribution in [3.05, 3.63) is 81.9 Å². The number of nitro groups is 1. The van der Waals surface area contributed by atoms with E-state index in [1.807, 2.05) is 36.4 Å². The molecule has 0 amide bonds. The van der Waals surface area contributed by atoms with E-state index >= 15 is 0 Å². The van der Waals surface area contributed by atoms with Crippen molar-refractivity contribution in [2.24, 2.45) is 5.92 Å². The molecule has 20 heavy (non-hydrogen) atoms. The minimum absolute atomic E-state index is 0.138. The monoisotopic (exact) mass is 267 g/mol. The van der Waals surface area contributed by atoms with Crippen LogP contribution in [0, 0.1) is 16.0 Å². The molecule has 1 saturated carbocycles. The standard InChI is InChI=1S/C16H13NO3/c18-16(12-9-5-2-6-10-12)14-13(15(14)17(19)20)11-7-3-1-4-8-11/h1-10,13-15H/t13-,14+,15-/m1/s1. The zero-order valence-corrected chi connectivity index (χ0v) is 10.7. The molecule has 0 spiro atoms. The van der Waals surface area contributed by atoms with Gasteiger partial charge in [0.25, 0.3) is 0 Å². The van der Waals surface area contributed by atoms with Crippen molar-refractivity contribution in [1.82, 2.24) is 0 Å². The second-order valence-electron chi connectivity index (χ2n) is 4.97. The summed E-state index contributed by atoms with van der Waals surface area (Å²) in [5, 5.41) is 11.1. The summed E-state index contributed by atoms with van der Waals surface area (Å²) in [4.78, 5) is 23.2. The molecule has 4 nitrogen and oxygen atoms in total. The quantitative estimate of drug-likeness (QED) is 0.486. The van der Waals surface area contributed by atoms with Gasteiger partial charge in [-0.05, 0) is 5.56 Å². The highest BCUT2D eigenvalue weighted by atomic mass is 16.6. The van der Waals surface area contributed by atoms with Gasteiger partial charge < -0.3 is 0 Å². The summed E-state index contributed by atoms with van der Waals surface area (Å²) in [6.45, 7) is 0. The molecule has 0 bridgehead atoms. The lowest BCUT2D eigenvalue weighted by Crippen LogP contribution is -2.10. The first-order valence-electron chi connectivity index (χ1n) is 6.48. The molecule has 0 aromatic heterocycles. The van der Waals surface area contributed by atoms with E-state index < -0.39 is 12.0 Å². The second kappa shape index (κ2) is 4.89. The van der Waals surface area contributed by atoms with Crippen molar-refractivity contribution in [1.29, 1.82) is 0 Å². The van der Waals surface area contributed by atoms with Crippen LogP contribution in [0.4, 0.5) is 0 Å². The Morgan fingerprint density at radius 2 is 1.50 bits per heavy atom. The van der Waals surface area contributed by atoms with Gasteiger partial charge in [0.15, 0.2) is 5.78 Å². The third-order valence-corrected chi connectivity index (χ3v) is 3.77. The van der Waals surface area contributed by atoms with Gasteiger partial charge in [-0.2, -0.15) is 0 Å². The molecular weight excluding hydrogens is 254 g/mol. The molecule has 1 aliphatic carbocycles. The molecule has 3 atom stereocenters. The number of hydrogen-bond donors (Lipinski definition) is 0. The van der Waals surface area contributed by atoms with Crippen molar-refractivity contribution in [3.8, 4) is 0 Å². The molecular formula is C16H13NO3. The largest absolute Gasteiger partial charge is 0.294 e. The Balaban J connectivity index is 1.90. The first-order valence-corrected chi connectivity index (χ1v) is 6.48. The molecule has 4 heteroatoms. The molecule has 0 saturated heterocycles. The minimum atomic E-state index is -0.801. The third kappa shape index (κ3) is 2.09. The summed E-state index contributed by atoms with van der Waals surface area (Å²) >= 11 is 0. The summed E-state index contributed by atoms with van der Waals surface area (Å²) in [5.41, 5.74) is 1.41. The lowest BCUT2D eigenvalue weighted by molar-refractivity contribution is -0.498. The number of nitrogens with zero attached hydrogens (tertiary/aromatic N) is 1. The fourth-order valence-electron chi connectivity index (χ4n) is 2.75. The van der Waals surface area contributed by atoms with E-state index in [9.17, 15) is 14.9 Å². The Morgan fingerprint density at radius 1 is 0.950 bits per heavy atom. The molecule has 0 aliphatic heterocycles. The van der Waals surface area contributed by atoms with Gasteiger partial charge in [-0.3, -0.25) is 14.9 Å². The Kier molecular flexibility index (Phi) is 3.06. The fraction of sp³-hybridized carbons (Fsp3) is 0.188. The minimum Gasteiger partial charge on any atom is -0.294 e. The van der Waals surface area contributed by atoms with Gasteiger partial charge in [-0.1, -0.05) is 60.7 Å². The predicted molar refractivity (Wildman–Crippen MR) is 74.2 cm³/mol. The maximum Gasteiger partial charge on any atom is 0.231 e. The van der Waals surface area contributed by atoms with E-state index in [2.05, 4.69) is 0 Å². The van der Waals surface area contributed by atoms with E-state index in [1.165, 1.54) is 0 Å². The van der Waals surface area contributed by atoms with Crippen LogP contribution in [0.3, 0.4) is 0 Å². The molecule has 2 aromatic carbocycles. The van der Waals surface area contributed by atoms with Crippen LogP contribution in [0.1, 0.15) is 21.8 Å². The second-order valence-corrected chi connectivity index (χ2v) is 4.97. The smallest absolute Gasteiger partial charge is 0.231 e. The van der Waals surface area contributed by atoms with Crippen LogP contribution in [0.15, 0.2) is 60.7 Å². The lowest BCUT2D eigenvalue weighted by Gasteiger charge is -1.98. The van der Waals surface area contributed by atoms with Gasteiger partial charge in [0.2, 0.25) is 6.04 Å². The lowest BCUT2D eigenvalue weighted by atomic mass is 10.0. The first-order chi connectivity index (χ1) is 9.70. The number of Topliss-reactive ketones (excluding diaryl/α,β-unsaturated/α-hetero) is 1. The number of carbonyl (C=O) groups is 1. The van der Waals surface area contributed by atoms with Crippen LogP contribution in [0.2, 0.25) is 0 Å². The highest BCUT2D eigenvalue weighted by Crippen LogP contribution is 2.51. The van der Waals surface area contributed by atoms with Crippen molar-refractivity contribution < 1.29 is 9.72 Å². The SMILES string of the molecule is O=C(c1ccccc1)[C@H]1[C@@H](c2ccccc2)[C@H]1[N+](=O)[O-]. The molecule has 2 aromatic rings. The van der Waals surface area contributed by atoms with Crippen LogP contribution >= 0.6 is 0 Å². The molecule has 0 heterocycles. The van der Waals surface area contributed by atoms with Gasteiger partial charge in [0, 0.05) is 10.5 Å². The van der Waals surface area contributed by atoms with Gasteiger partial charge >= 0.3 is 0 Å². The highest BCUT2D eigenvalue weighted by molar-refractivity contribution is 6.01. The maximum atomic E-state index is 12.4. The van der Waals surface area contributed by atoms with Crippen LogP contribution in [0.5, 0.6) is 0 Å². The Morgan fingerprint density at radius 3 is 2.05 bits per heavy atom. The number of carbonyl (C=O) groups excluding carboxylic acids is 1. The van der Waals surface area contributed by atoms with Gasteiger partial charge in [0.1, 0.15) is 5.92 Å². The maximum absolute atomic E-state index is 12.4. The Hall–Kier alpha value is -2.49. The van der Waals surface area contributed by atoms with Gasteiger partial charge in [-0.25, -0.2) is 0 Å². The van der Waals surface area contributed by atoms with Crippen LogP contribution in [0.25, 0.3) is 0 Å². The molecule has 0 radical (unpaired) electrons. The topological polar surface area (TPSA) is 60.2 Å². The number of rotatable bonds is 4. The number of hydrogen-bond acceptors (Lipinski definition) is 3.